The fourth-order valence-electron chi connectivity index (χ4n) is 2.68. The molecule has 2 aromatic rings. The van der Waals surface area contributed by atoms with Crippen molar-refractivity contribution in [2.75, 3.05) is 5.73 Å². The van der Waals surface area contributed by atoms with E-state index in [1.165, 1.54) is 17.5 Å². The van der Waals surface area contributed by atoms with Crippen LogP contribution in [0.5, 0.6) is 0 Å². The molecular weight excluding hydrogens is 240 g/mol. The number of aryl methyl sites for hydroxylation is 2. The first-order chi connectivity index (χ1) is 9.16. The summed E-state index contributed by atoms with van der Waals surface area (Å²) in [7, 11) is 0. The van der Waals surface area contributed by atoms with Gasteiger partial charge < -0.3 is 10.8 Å². The molecule has 0 bridgehead atoms. The van der Waals surface area contributed by atoms with E-state index in [-0.39, 0.29) is 11.4 Å². The molecule has 0 radical (unpaired) electrons. The molecule has 0 amide bonds. The van der Waals surface area contributed by atoms with Crippen LogP contribution in [0.15, 0.2) is 30.5 Å². The maximum atomic E-state index is 11.3. The molecule has 0 aliphatic heterocycles. The summed E-state index contributed by atoms with van der Waals surface area (Å²) in [6.07, 6.45) is 4.89. The Bertz CT molecular complexity index is 665. The van der Waals surface area contributed by atoms with Gasteiger partial charge in [-0.25, -0.2) is 9.78 Å². The van der Waals surface area contributed by atoms with Crippen LogP contribution < -0.4 is 5.73 Å². The zero-order valence-electron chi connectivity index (χ0n) is 10.4. The standard InChI is InChI=1S/C15H14N2O2/c16-14-13(15(18)19)12(6-7-17-14)11-5-4-9-2-1-3-10(9)8-11/h4-8H,1-3H2,(H2,16,17)(H,18,19). The number of anilines is 1. The van der Waals surface area contributed by atoms with E-state index in [0.29, 0.717) is 5.56 Å². The van der Waals surface area contributed by atoms with E-state index in [1.807, 2.05) is 6.07 Å². The van der Waals surface area contributed by atoms with Crippen molar-refractivity contribution in [2.24, 2.45) is 0 Å². The second-order valence-corrected chi connectivity index (χ2v) is 4.76. The van der Waals surface area contributed by atoms with Crippen LogP contribution in [0.1, 0.15) is 27.9 Å². The van der Waals surface area contributed by atoms with Gasteiger partial charge in [0.2, 0.25) is 0 Å². The van der Waals surface area contributed by atoms with Crippen molar-refractivity contribution in [3.05, 3.63) is 47.2 Å². The van der Waals surface area contributed by atoms with Crippen molar-refractivity contribution in [3.63, 3.8) is 0 Å². The Balaban J connectivity index is 2.17. The third-order valence-corrected chi connectivity index (χ3v) is 3.60. The summed E-state index contributed by atoms with van der Waals surface area (Å²) in [4.78, 5) is 15.2. The minimum Gasteiger partial charge on any atom is -0.478 e. The number of carbonyl (C=O) groups is 1. The molecule has 1 aromatic carbocycles. The number of aromatic carboxylic acids is 1. The molecule has 4 heteroatoms. The minimum absolute atomic E-state index is 0.0606. The van der Waals surface area contributed by atoms with Gasteiger partial charge >= 0.3 is 5.97 Å². The van der Waals surface area contributed by atoms with Crippen LogP contribution in [-0.4, -0.2) is 16.1 Å². The van der Waals surface area contributed by atoms with E-state index in [1.54, 1.807) is 12.3 Å². The van der Waals surface area contributed by atoms with Crippen molar-refractivity contribution < 1.29 is 9.90 Å². The fourth-order valence-corrected chi connectivity index (χ4v) is 2.68. The SMILES string of the molecule is Nc1nccc(-c2ccc3c(c2)CCC3)c1C(=O)O. The number of carboxylic acids is 1. The van der Waals surface area contributed by atoms with Gasteiger partial charge in [0.15, 0.2) is 0 Å². The molecule has 4 nitrogen and oxygen atoms in total. The first-order valence-corrected chi connectivity index (χ1v) is 6.27. The quantitative estimate of drug-likeness (QED) is 0.863. The Morgan fingerprint density at radius 2 is 2.00 bits per heavy atom. The second-order valence-electron chi connectivity index (χ2n) is 4.76. The monoisotopic (exact) mass is 254 g/mol. The Labute approximate surface area is 110 Å². The fraction of sp³-hybridized carbons (Fsp3) is 0.200. The summed E-state index contributed by atoms with van der Waals surface area (Å²) >= 11 is 0. The van der Waals surface area contributed by atoms with Crippen LogP contribution in [0.2, 0.25) is 0 Å². The predicted octanol–water partition coefficient (Wildman–Crippen LogP) is 2.52. The van der Waals surface area contributed by atoms with E-state index in [9.17, 15) is 9.90 Å². The number of pyridine rings is 1. The summed E-state index contributed by atoms with van der Waals surface area (Å²) < 4.78 is 0. The van der Waals surface area contributed by atoms with Crippen LogP contribution in [0.25, 0.3) is 11.1 Å². The van der Waals surface area contributed by atoms with Crippen LogP contribution in [-0.2, 0) is 12.8 Å². The number of nitrogens with two attached hydrogens (primary N) is 1. The Morgan fingerprint density at radius 1 is 1.21 bits per heavy atom. The Hall–Kier alpha value is -2.36. The van der Waals surface area contributed by atoms with Crippen molar-refractivity contribution in [2.45, 2.75) is 19.3 Å². The summed E-state index contributed by atoms with van der Waals surface area (Å²) in [5.41, 5.74) is 9.97. The Kier molecular flexibility index (Phi) is 2.71. The summed E-state index contributed by atoms with van der Waals surface area (Å²) in [5, 5.41) is 9.28. The van der Waals surface area contributed by atoms with E-state index >= 15 is 0 Å². The molecule has 19 heavy (non-hydrogen) atoms. The third-order valence-electron chi connectivity index (χ3n) is 3.60. The van der Waals surface area contributed by atoms with E-state index < -0.39 is 5.97 Å². The van der Waals surface area contributed by atoms with Gasteiger partial charge in [0, 0.05) is 11.8 Å². The largest absolute Gasteiger partial charge is 0.478 e. The van der Waals surface area contributed by atoms with Gasteiger partial charge in [0.05, 0.1) is 0 Å². The van der Waals surface area contributed by atoms with Gasteiger partial charge in [-0.05, 0) is 42.0 Å². The van der Waals surface area contributed by atoms with E-state index in [0.717, 1.165) is 18.4 Å². The van der Waals surface area contributed by atoms with Gasteiger partial charge in [0.1, 0.15) is 11.4 Å². The highest BCUT2D eigenvalue weighted by molar-refractivity contribution is 6.00. The first-order valence-electron chi connectivity index (χ1n) is 6.27. The molecule has 0 fully saturated rings. The van der Waals surface area contributed by atoms with Crippen LogP contribution in [0.4, 0.5) is 5.82 Å². The third kappa shape index (κ3) is 1.95. The van der Waals surface area contributed by atoms with Crippen molar-refractivity contribution in [3.8, 4) is 11.1 Å². The Morgan fingerprint density at radius 3 is 2.79 bits per heavy atom. The zero-order valence-corrected chi connectivity index (χ0v) is 10.4. The summed E-state index contributed by atoms with van der Waals surface area (Å²) in [6.45, 7) is 0. The maximum absolute atomic E-state index is 11.3. The molecule has 0 saturated heterocycles. The van der Waals surface area contributed by atoms with Crippen molar-refractivity contribution >= 4 is 11.8 Å². The number of nitrogen functional groups attached to an aromatic ring is 1. The van der Waals surface area contributed by atoms with Gasteiger partial charge in [-0.1, -0.05) is 18.2 Å². The molecule has 3 N–H and O–H groups in total. The molecule has 3 rings (SSSR count). The number of rotatable bonds is 2. The molecule has 1 aliphatic carbocycles. The lowest BCUT2D eigenvalue weighted by Gasteiger charge is -2.09. The van der Waals surface area contributed by atoms with Crippen molar-refractivity contribution in [1.29, 1.82) is 0 Å². The van der Waals surface area contributed by atoms with Gasteiger partial charge in [-0.3, -0.25) is 0 Å². The first kappa shape index (κ1) is 11.7. The lowest BCUT2D eigenvalue weighted by Crippen LogP contribution is -2.06. The number of fused-ring (bicyclic) bond motifs is 1. The lowest BCUT2D eigenvalue weighted by atomic mass is 9.97. The molecular formula is C15H14N2O2. The van der Waals surface area contributed by atoms with Gasteiger partial charge in [-0.15, -0.1) is 0 Å². The van der Waals surface area contributed by atoms with Crippen LogP contribution >= 0.6 is 0 Å². The average molecular weight is 254 g/mol. The average Bonchev–Trinajstić information content (AvgIpc) is 2.85. The van der Waals surface area contributed by atoms with Gasteiger partial charge in [-0.2, -0.15) is 0 Å². The summed E-state index contributed by atoms with van der Waals surface area (Å²) in [6, 6.07) is 7.82. The maximum Gasteiger partial charge on any atom is 0.340 e. The van der Waals surface area contributed by atoms with E-state index in [4.69, 9.17) is 5.73 Å². The summed E-state index contributed by atoms with van der Waals surface area (Å²) in [5.74, 6) is -0.980. The molecule has 1 aliphatic rings. The predicted molar refractivity (Wildman–Crippen MR) is 73.1 cm³/mol. The highest BCUT2D eigenvalue weighted by atomic mass is 16.4. The lowest BCUT2D eigenvalue weighted by molar-refractivity contribution is 0.0698. The molecule has 0 unspecified atom stereocenters. The number of aromatic nitrogens is 1. The van der Waals surface area contributed by atoms with Crippen LogP contribution in [0, 0.1) is 0 Å². The topological polar surface area (TPSA) is 76.2 Å². The molecule has 0 spiro atoms. The molecule has 0 saturated carbocycles. The zero-order chi connectivity index (χ0) is 13.4. The van der Waals surface area contributed by atoms with Gasteiger partial charge in [0.25, 0.3) is 0 Å². The number of benzene rings is 1. The smallest absolute Gasteiger partial charge is 0.340 e. The normalized spacial score (nSPS) is 13.3. The minimum atomic E-state index is -1.04. The molecule has 1 heterocycles. The highest BCUT2D eigenvalue weighted by Crippen LogP contribution is 2.31. The van der Waals surface area contributed by atoms with E-state index in [2.05, 4.69) is 17.1 Å². The molecule has 0 atom stereocenters. The number of hydrogen-bond acceptors (Lipinski definition) is 3. The molecule has 1 aromatic heterocycles. The number of hydrogen-bond donors (Lipinski definition) is 2. The second kappa shape index (κ2) is 4.39. The van der Waals surface area contributed by atoms with Crippen LogP contribution in [0.3, 0.4) is 0 Å². The molecule has 96 valence electrons. The van der Waals surface area contributed by atoms with Crippen molar-refractivity contribution in [1.82, 2.24) is 4.98 Å². The number of nitrogens with zero attached hydrogens (tertiary/aromatic N) is 1. The highest BCUT2D eigenvalue weighted by Gasteiger charge is 2.18. The number of carboxylic acid groups (broad SMARTS) is 1.